The predicted molar refractivity (Wildman–Crippen MR) is 57.9 cm³/mol. The Hall–Kier alpha value is -1.27. The van der Waals surface area contributed by atoms with Crippen molar-refractivity contribution in [2.24, 2.45) is 0 Å². The molecule has 0 atom stereocenters. The van der Waals surface area contributed by atoms with Crippen LogP contribution in [0.2, 0.25) is 0 Å². The summed E-state index contributed by atoms with van der Waals surface area (Å²) in [7, 11) is 1.57. The highest BCUT2D eigenvalue weighted by Gasteiger charge is 2.12. The quantitative estimate of drug-likeness (QED) is 0.422. The molecule has 0 amide bonds. The fourth-order valence-electron chi connectivity index (χ4n) is 1.13. The second-order valence-corrected chi connectivity index (χ2v) is 3.72. The molecule has 0 aliphatic carbocycles. The average molecular weight is 208 g/mol. The summed E-state index contributed by atoms with van der Waals surface area (Å²) in [4.78, 5) is 12.3. The molecule has 1 aromatic heterocycles. The molecule has 0 bridgehead atoms. The molecular weight excluding hydrogens is 196 g/mol. The number of terminal acetylenes is 1. The van der Waals surface area contributed by atoms with Crippen LogP contribution >= 0.6 is 11.3 Å². The van der Waals surface area contributed by atoms with E-state index in [2.05, 4.69) is 5.92 Å². The van der Waals surface area contributed by atoms with Crippen molar-refractivity contribution >= 4 is 17.1 Å². The van der Waals surface area contributed by atoms with Gasteiger partial charge >= 0.3 is 0 Å². The third-order valence-corrected chi connectivity index (χ3v) is 2.76. The van der Waals surface area contributed by atoms with Crippen molar-refractivity contribution < 1.29 is 9.53 Å². The smallest absolute Gasteiger partial charge is 0.176 e. The van der Waals surface area contributed by atoms with Gasteiger partial charge in [0.1, 0.15) is 10.6 Å². The van der Waals surface area contributed by atoms with Crippen LogP contribution < -0.4 is 4.74 Å². The number of carbonyl (C=O) groups excluding carboxylic acids is 1. The third-order valence-electron chi connectivity index (χ3n) is 1.83. The van der Waals surface area contributed by atoms with Gasteiger partial charge in [0.25, 0.3) is 0 Å². The molecule has 0 saturated carbocycles. The Bertz CT molecular complexity index is 346. The first-order chi connectivity index (χ1) is 6.79. The Morgan fingerprint density at radius 3 is 3.14 bits per heavy atom. The van der Waals surface area contributed by atoms with Crippen LogP contribution in [0.15, 0.2) is 11.4 Å². The first kappa shape index (κ1) is 10.8. The third kappa shape index (κ3) is 2.61. The molecule has 0 N–H and O–H groups in total. The second-order valence-electron chi connectivity index (χ2n) is 2.80. The fourth-order valence-corrected chi connectivity index (χ4v) is 1.95. The molecule has 0 saturated heterocycles. The Morgan fingerprint density at radius 2 is 2.50 bits per heavy atom. The lowest BCUT2D eigenvalue weighted by Gasteiger charge is -2.00. The van der Waals surface area contributed by atoms with E-state index < -0.39 is 0 Å². The van der Waals surface area contributed by atoms with Gasteiger partial charge in [0.05, 0.1) is 7.11 Å². The van der Waals surface area contributed by atoms with E-state index in [4.69, 9.17) is 11.2 Å². The highest BCUT2D eigenvalue weighted by Crippen LogP contribution is 2.26. The lowest BCUT2D eigenvalue weighted by atomic mass is 10.1. The molecule has 1 heterocycles. The zero-order chi connectivity index (χ0) is 10.4. The molecule has 0 radical (unpaired) electrons. The maximum Gasteiger partial charge on any atom is 0.176 e. The summed E-state index contributed by atoms with van der Waals surface area (Å²) in [6.07, 6.45) is 7.01. The number of methoxy groups -OCH3 is 1. The molecule has 0 aliphatic heterocycles. The molecule has 0 unspecified atom stereocenters. The van der Waals surface area contributed by atoms with Gasteiger partial charge in [0.2, 0.25) is 0 Å². The molecule has 0 aliphatic rings. The summed E-state index contributed by atoms with van der Waals surface area (Å²) in [5, 5.41) is 1.85. The first-order valence-corrected chi connectivity index (χ1v) is 5.25. The number of carbonyl (C=O) groups is 1. The van der Waals surface area contributed by atoms with Crippen molar-refractivity contribution in [3.8, 4) is 18.1 Å². The van der Waals surface area contributed by atoms with E-state index in [0.29, 0.717) is 23.5 Å². The van der Waals surface area contributed by atoms with Crippen LogP contribution in [0.3, 0.4) is 0 Å². The molecule has 0 spiro atoms. The molecule has 74 valence electrons. The van der Waals surface area contributed by atoms with Crippen LogP contribution in [0.1, 0.15) is 28.9 Å². The number of rotatable bonds is 5. The van der Waals surface area contributed by atoms with Crippen LogP contribution in [0.4, 0.5) is 0 Å². The van der Waals surface area contributed by atoms with Gasteiger partial charge in [-0.05, 0) is 17.9 Å². The van der Waals surface area contributed by atoms with Crippen molar-refractivity contribution in [3.05, 3.63) is 16.3 Å². The van der Waals surface area contributed by atoms with Crippen molar-refractivity contribution in [1.82, 2.24) is 0 Å². The summed E-state index contributed by atoms with van der Waals surface area (Å²) < 4.78 is 5.06. The largest absolute Gasteiger partial charge is 0.495 e. The number of Topliss-reactive ketones (excluding diaryl/α,β-unsaturated/α-hetero) is 1. The van der Waals surface area contributed by atoms with Crippen molar-refractivity contribution in [3.63, 3.8) is 0 Å². The summed E-state index contributed by atoms with van der Waals surface area (Å²) in [6, 6.07) is 1.80. The van der Waals surface area contributed by atoms with Gasteiger partial charge < -0.3 is 4.74 Å². The number of thiophene rings is 1. The standard InChI is InChI=1S/C11H12O2S/c1-3-4-5-6-9(12)11-10(13-2)7-8-14-11/h1,7-8H,4-6H2,2H3. The molecule has 1 aromatic rings. The van der Waals surface area contributed by atoms with E-state index in [1.54, 1.807) is 13.2 Å². The minimum atomic E-state index is 0.118. The second kappa shape index (κ2) is 5.46. The molecule has 0 fully saturated rings. The van der Waals surface area contributed by atoms with Crippen LogP contribution in [0.5, 0.6) is 5.75 Å². The number of ether oxygens (including phenoxy) is 1. The normalized spacial score (nSPS) is 9.43. The van der Waals surface area contributed by atoms with Crippen molar-refractivity contribution in [1.29, 1.82) is 0 Å². The van der Waals surface area contributed by atoms with Crippen molar-refractivity contribution in [2.75, 3.05) is 7.11 Å². The Morgan fingerprint density at radius 1 is 1.71 bits per heavy atom. The van der Waals surface area contributed by atoms with Gasteiger partial charge in [-0.25, -0.2) is 0 Å². The molecule has 1 rings (SSSR count). The molecule has 14 heavy (non-hydrogen) atoms. The molecule has 3 heteroatoms. The van der Waals surface area contributed by atoms with Crippen LogP contribution in [-0.2, 0) is 0 Å². The predicted octanol–water partition coefficient (Wildman–Crippen LogP) is 2.74. The van der Waals surface area contributed by atoms with E-state index in [0.717, 1.165) is 6.42 Å². The topological polar surface area (TPSA) is 26.3 Å². The summed E-state index contributed by atoms with van der Waals surface area (Å²) in [5.74, 6) is 3.30. The minimum absolute atomic E-state index is 0.118. The van der Waals surface area contributed by atoms with E-state index in [9.17, 15) is 4.79 Å². The van der Waals surface area contributed by atoms with E-state index in [-0.39, 0.29) is 5.78 Å². The molecule has 2 nitrogen and oxygen atoms in total. The van der Waals surface area contributed by atoms with Crippen LogP contribution in [-0.4, -0.2) is 12.9 Å². The van der Waals surface area contributed by atoms with Gasteiger partial charge in [0.15, 0.2) is 5.78 Å². The zero-order valence-electron chi connectivity index (χ0n) is 8.08. The highest BCUT2D eigenvalue weighted by molar-refractivity contribution is 7.12. The van der Waals surface area contributed by atoms with Gasteiger partial charge in [-0.15, -0.1) is 23.7 Å². The van der Waals surface area contributed by atoms with E-state index in [1.807, 2.05) is 5.38 Å². The number of unbranched alkanes of at least 4 members (excludes halogenated alkanes) is 1. The maximum atomic E-state index is 11.6. The lowest BCUT2D eigenvalue weighted by molar-refractivity contribution is 0.0982. The van der Waals surface area contributed by atoms with Gasteiger partial charge in [-0.1, -0.05) is 0 Å². The first-order valence-electron chi connectivity index (χ1n) is 4.37. The molecular formula is C11H12O2S. The summed E-state index contributed by atoms with van der Waals surface area (Å²) in [5.41, 5.74) is 0. The number of hydrogen-bond acceptors (Lipinski definition) is 3. The number of hydrogen-bond donors (Lipinski definition) is 0. The van der Waals surface area contributed by atoms with Gasteiger partial charge in [-0.2, -0.15) is 0 Å². The number of ketones is 1. The van der Waals surface area contributed by atoms with Gasteiger partial charge in [0, 0.05) is 12.8 Å². The fraction of sp³-hybridized carbons (Fsp3) is 0.364. The maximum absolute atomic E-state index is 11.6. The lowest BCUT2D eigenvalue weighted by Crippen LogP contribution is -1.98. The van der Waals surface area contributed by atoms with Crippen LogP contribution in [0.25, 0.3) is 0 Å². The van der Waals surface area contributed by atoms with Gasteiger partial charge in [-0.3, -0.25) is 4.79 Å². The minimum Gasteiger partial charge on any atom is -0.495 e. The Labute approximate surface area is 87.9 Å². The van der Waals surface area contributed by atoms with Crippen LogP contribution in [0, 0.1) is 12.3 Å². The average Bonchev–Trinajstić information content (AvgIpc) is 2.65. The Balaban J connectivity index is 2.57. The SMILES string of the molecule is C#CCCCC(=O)c1sccc1OC. The highest BCUT2D eigenvalue weighted by atomic mass is 32.1. The Kier molecular flexibility index (Phi) is 4.21. The van der Waals surface area contributed by atoms with E-state index >= 15 is 0 Å². The zero-order valence-corrected chi connectivity index (χ0v) is 8.89. The summed E-state index contributed by atoms with van der Waals surface area (Å²) in [6.45, 7) is 0. The summed E-state index contributed by atoms with van der Waals surface area (Å²) >= 11 is 1.41. The monoisotopic (exact) mass is 208 g/mol. The van der Waals surface area contributed by atoms with Crippen molar-refractivity contribution in [2.45, 2.75) is 19.3 Å². The van der Waals surface area contributed by atoms with E-state index in [1.165, 1.54) is 11.3 Å². The molecule has 0 aromatic carbocycles.